The summed E-state index contributed by atoms with van der Waals surface area (Å²) in [5.41, 5.74) is 3.75. The lowest BCUT2D eigenvalue weighted by Crippen LogP contribution is -2.17. The van der Waals surface area contributed by atoms with Gasteiger partial charge in [0.05, 0.1) is 6.20 Å². The third kappa shape index (κ3) is 3.86. The molecule has 0 amide bonds. The zero-order valence-electron chi connectivity index (χ0n) is 12.5. The Morgan fingerprint density at radius 1 is 1.43 bits per heavy atom. The van der Waals surface area contributed by atoms with Crippen LogP contribution in [0, 0.1) is 0 Å². The predicted molar refractivity (Wildman–Crippen MR) is 89.3 cm³/mol. The molecule has 5 heteroatoms. The van der Waals surface area contributed by atoms with Gasteiger partial charge in [0.15, 0.2) is 0 Å². The first-order valence-corrected chi connectivity index (χ1v) is 8.11. The molecule has 0 aliphatic heterocycles. The first kappa shape index (κ1) is 14.6. The monoisotopic (exact) mass is 348 g/mol. The van der Waals surface area contributed by atoms with Crippen molar-refractivity contribution in [3.63, 3.8) is 0 Å². The Morgan fingerprint density at radius 2 is 2.24 bits per heavy atom. The van der Waals surface area contributed by atoms with Gasteiger partial charge in [-0.3, -0.25) is 4.68 Å². The van der Waals surface area contributed by atoms with E-state index in [1.807, 2.05) is 17.9 Å². The molecule has 0 spiro atoms. The topological polar surface area (TPSA) is 33.1 Å². The van der Waals surface area contributed by atoms with E-state index in [9.17, 15) is 0 Å². The van der Waals surface area contributed by atoms with E-state index in [4.69, 9.17) is 0 Å². The summed E-state index contributed by atoms with van der Waals surface area (Å²) in [4.78, 5) is 2.24. The van der Waals surface area contributed by atoms with Gasteiger partial charge in [0, 0.05) is 55.1 Å². The molecule has 3 rings (SSSR count). The largest absolute Gasteiger partial charge is 0.370 e. The lowest BCUT2D eigenvalue weighted by molar-refractivity contribution is 0.686. The van der Waals surface area contributed by atoms with Crippen LogP contribution in [-0.4, -0.2) is 22.9 Å². The third-order valence-corrected chi connectivity index (χ3v) is 4.55. The smallest absolute Gasteiger partial charge is 0.0539 e. The van der Waals surface area contributed by atoms with Gasteiger partial charge in [-0.1, -0.05) is 22.0 Å². The Hall–Kier alpha value is -1.33. The minimum absolute atomic E-state index is 0.741. The maximum absolute atomic E-state index is 4.21. The summed E-state index contributed by atoms with van der Waals surface area (Å²) < 4.78 is 3.01. The van der Waals surface area contributed by atoms with Crippen LogP contribution in [0.15, 0.2) is 35.1 Å². The van der Waals surface area contributed by atoms with Gasteiger partial charge in [-0.05, 0) is 30.5 Å². The van der Waals surface area contributed by atoms with Gasteiger partial charge in [-0.15, -0.1) is 0 Å². The second-order valence-corrected chi connectivity index (χ2v) is 6.66. The van der Waals surface area contributed by atoms with E-state index >= 15 is 0 Å². The summed E-state index contributed by atoms with van der Waals surface area (Å²) in [7, 11) is 4.05. The Kier molecular flexibility index (Phi) is 4.31. The molecule has 2 aromatic rings. The Balaban J connectivity index is 1.65. The zero-order valence-corrected chi connectivity index (χ0v) is 14.1. The molecule has 0 unspecified atom stereocenters. The molecule has 1 fully saturated rings. The normalized spacial score (nSPS) is 14.4. The summed E-state index contributed by atoms with van der Waals surface area (Å²) >= 11 is 3.69. The third-order valence-electron chi connectivity index (χ3n) is 3.81. The Labute approximate surface area is 134 Å². The quantitative estimate of drug-likeness (QED) is 0.870. The van der Waals surface area contributed by atoms with Gasteiger partial charge < -0.3 is 10.2 Å². The molecule has 1 saturated carbocycles. The van der Waals surface area contributed by atoms with Crippen LogP contribution in [0.3, 0.4) is 0 Å². The molecular formula is C16H21BrN4. The van der Waals surface area contributed by atoms with E-state index in [1.165, 1.54) is 34.1 Å². The van der Waals surface area contributed by atoms with Crippen LogP contribution in [0.1, 0.15) is 24.0 Å². The van der Waals surface area contributed by atoms with E-state index in [0.717, 1.165) is 19.1 Å². The number of hydrogen-bond donors (Lipinski definition) is 1. The average Bonchev–Trinajstić information content (AvgIpc) is 3.20. The number of hydrogen-bond acceptors (Lipinski definition) is 3. The SMILES string of the molecule is CN(Cc1cnn(C)c1)c1ccc(CNC2CC2)c(Br)c1. The van der Waals surface area contributed by atoms with Crippen LogP contribution in [0.4, 0.5) is 5.69 Å². The summed E-state index contributed by atoms with van der Waals surface area (Å²) in [6, 6.07) is 7.32. The van der Waals surface area contributed by atoms with Crippen molar-refractivity contribution in [1.29, 1.82) is 0 Å². The molecule has 0 saturated heterocycles. The highest BCUT2D eigenvalue weighted by atomic mass is 79.9. The van der Waals surface area contributed by atoms with Crippen LogP contribution in [0.5, 0.6) is 0 Å². The highest BCUT2D eigenvalue weighted by Crippen LogP contribution is 2.26. The van der Waals surface area contributed by atoms with E-state index in [1.54, 1.807) is 0 Å². The Morgan fingerprint density at radius 3 is 2.86 bits per heavy atom. The minimum atomic E-state index is 0.741. The van der Waals surface area contributed by atoms with Crippen molar-refractivity contribution in [2.24, 2.45) is 7.05 Å². The highest BCUT2D eigenvalue weighted by molar-refractivity contribution is 9.10. The van der Waals surface area contributed by atoms with E-state index < -0.39 is 0 Å². The van der Waals surface area contributed by atoms with Crippen molar-refractivity contribution in [3.05, 3.63) is 46.2 Å². The van der Waals surface area contributed by atoms with Gasteiger partial charge in [0.1, 0.15) is 0 Å². The van der Waals surface area contributed by atoms with Crippen molar-refractivity contribution in [2.75, 3.05) is 11.9 Å². The van der Waals surface area contributed by atoms with Gasteiger partial charge in [0.25, 0.3) is 0 Å². The van der Waals surface area contributed by atoms with Crippen LogP contribution < -0.4 is 10.2 Å². The summed E-state index contributed by atoms with van der Waals surface area (Å²) in [6.45, 7) is 1.80. The van der Waals surface area contributed by atoms with E-state index in [2.05, 4.69) is 62.7 Å². The molecule has 1 aromatic carbocycles. The Bertz CT molecular complexity index is 618. The highest BCUT2D eigenvalue weighted by Gasteiger charge is 2.20. The van der Waals surface area contributed by atoms with Gasteiger partial charge in [-0.25, -0.2) is 0 Å². The average molecular weight is 349 g/mol. The number of nitrogens with zero attached hydrogens (tertiary/aromatic N) is 3. The van der Waals surface area contributed by atoms with Crippen LogP contribution in [0.25, 0.3) is 0 Å². The van der Waals surface area contributed by atoms with Crippen LogP contribution >= 0.6 is 15.9 Å². The number of halogens is 1. The standard InChI is InChI=1S/C16H21BrN4/c1-20(10-12-8-19-21(2)11-12)15-6-3-13(16(17)7-15)9-18-14-4-5-14/h3,6-8,11,14,18H,4-5,9-10H2,1-2H3. The lowest BCUT2D eigenvalue weighted by Gasteiger charge is -2.19. The number of benzene rings is 1. The van der Waals surface area contributed by atoms with Crippen molar-refractivity contribution in [3.8, 4) is 0 Å². The second kappa shape index (κ2) is 6.20. The lowest BCUT2D eigenvalue weighted by atomic mass is 10.2. The van der Waals surface area contributed by atoms with Gasteiger partial charge in [-0.2, -0.15) is 5.10 Å². The van der Waals surface area contributed by atoms with Crippen LogP contribution in [-0.2, 0) is 20.1 Å². The molecular weight excluding hydrogens is 328 g/mol. The predicted octanol–water partition coefficient (Wildman–Crippen LogP) is 3.07. The molecule has 0 atom stereocenters. The first-order chi connectivity index (χ1) is 10.1. The zero-order chi connectivity index (χ0) is 14.8. The fourth-order valence-electron chi connectivity index (χ4n) is 2.38. The number of anilines is 1. The van der Waals surface area contributed by atoms with Crippen LogP contribution in [0.2, 0.25) is 0 Å². The maximum Gasteiger partial charge on any atom is 0.0539 e. The van der Waals surface area contributed by atoms with Gasteiger partial charge >= 0.3 is 0 Å². The number of aromatic nitrogens is 2. The molecule has 1 aromatic heterocycles. The molecule has 1 heterocycles. The fraction of sp³-hybridized carbons (Fsp3) is 0.438. The fourth-order valence-corrected chi connectivity index (χ4v) is 2.88. The van der Waals surface area contributed by atoms with E-state index in [-0.39, 0.29) is 0 Å². The molecule has 4 nitrogen and oxygen atoms in total. The van der Waals surface area contributed by atoms with Crippen molar-refractivity contribution in [1.82, 2.24) is 15.1 Å². The van der Waals surface area contributed by atoms with Crippen molar-refractivity contribution >= 4 is 21.6 Å². The summed E-state index contributed by atoms with van der Waals surface area (Å²) in [5.74, 6) is 0. The second-order valence-electron chi connectivity index (χ2n) is 5.81. The minimum Gasteiger partial charge on any atom is -0.370 e. The molecule has 21 heavy (non-hydrogen) atoms. The first-order valence-electron chi connectivity index (χ1n) is 7.32. The number of rotatable bonds is 6. The molecule has 1 aliphatic rings. The molecule has 1 N–H and O–H groups in total. The summed E-state index contributed by atoms with van der Waals surface area (Å²) in [5, 5.41) is 7.76. The van der Waals surface area contributed by atoms with E-state index in [0.29, 0.717) is 0 Å². The molecule has 0 bridgehead atoms. The summed E-state index contributed by atoms with van der Waals surface area (Å²) in [6.07, 6.45) is 6.62. The molecule has 0 radical (unpaired) electrons. The number of nitrogens with one attached hydrogen (secondary N) is 1. The van der Waals surface area contributed by atoms with Gasteiger partial charge in [0.2, 0.25) is 0 Å². The van der Waals surface area contributed by atoms with Crippen molar-refractivity contribution in [2.45, 2.75) is 32.0 Å². The molecule has 1 aliphatic carbocycles. The molecule has 112 valence electrons. The maximum atomic E-state index is 4.21. The number of aryl methyl sites for hydroxylation is 1. The van der Waals surface area contributed by atoms with Crippen molar-refractivity contribution < 1.29 is 0 Å².